The van der Waals surface area contributed by atoms with Gasteiger partial charge in [0.05, 0.1) is 11.3 Å². The van der Waals surface area contributed by atoms with Gasteiger partial charge in [-0.2, -0.15) is 0 Å². The highest BCUT2D eigenvalue weighted by molar-refractivity contribution is 5.94. The Hall–Kier alpha value is -2.17. The van der Waals surface area contributed by atoms with Crippen LogP contribution in [0.4, 0.5) is 4.39 Å². The van der Waals surface area contributed by atoms with Gasteiger partial charge in [-0.05, 0) is 19.1 Å². The van der Waals surface area contributed by atoms with E-state index >= 15 is 0 Å². The third-order valence-corrected chi connectivity index (χ3v) is 2.45. The minimum atomic E-state index is -0.523. The molecule has 5 heteroatoms. The number of aromatic nitrogens is 1. The largest absolute Gasteiger partial charge is 0.361 e. The molecular weight excluding hydrogens is 235 g/mol. The van der Waals surface area contributed by atoms with Crippen molar-refractivity contribution in [2.45, 2.75) is 13.3 Å². The molecule has 0 aliphatic heterocycles. The summed E-state index contributed by atoms with van der Waals surface area (Å²) in [7, 11) is 0. The Labute approximate surface area is 104 Å². The van der Waals surface area contributed by atoms with Crippen molar-refractivity contribution in [3.05, 3.63) is 53.2 Å². The quantitative estimate of drug-likeness (QED) is 0.901. The summed E-state index contributed by atoms with van der Waals surface area (Å²) >= 11 is 0. The Bertz CT molecular complexity index is 551. The standard InChI is InChI=1S/C13H13FN2O2/c1-9-8-10(18-16-9)6-7-15-13(17)11-4-2-3-5-12(11)14/h2-5,8H,6-7H2,1H3,(H,15,17). The Morgan fingerprint density at radius 3 is 2.89 bits per heavy atom. The predicted molar refractivity (Wildman–Crippen MR) is 63.7 cm³/mol. The lowest BCUT2D eigenvalue weighted by atomic mass is 10.2. The Morgan fingerprint density at radius 2 is 2.22 bits per heavy atom. The molecule has 1 aromatic heterocycles. The van der Waals surface area contributed by atoms with Gasteiger partial charge in [-0.25, -0.2) is 4.39 Å². The zero-order valence-corrected chi connectivity index (χ0v) is 9.94. The highest BCUT2D eigenvalue weighted by atomic mass is 19.1. The smallest absolute Gasteiger partial charge is 0.254 e. The molecule has 1 N–H and O–H groups in total. The molecule has 0 aliphatic carbocycles. The van der Waals surface area contributed by atoms with Gasteiger partial charge in [0.2, 0.25) is 0 Å². The maximum absolute atomic E-state index is 13.3. The summed E-state index contributed by atoms with van der Waals surface area (Å²) in [5.74, 6) is -0.254. The molecule has 0 aliphatic rings. The first-order chi connectivity index (χ1) is 8.66. The van der Waals surface area contributed by atoms with E-state index in [-0.39, 0.29) is 5.56 Å². The molecule has 1 amide bonds. The number of nitrogens with zero attached hydrogens (tertiary/aromatic N) is 1. The minimum Gasteiger partial charge on any atom is -0.361 e. The third kappa shape index (κ3) is 2.94. The lowest BCUT2D eigenvalue weighted by molar-refractivity contribution is 0.0949. The summed E-state index contributed by atoms with van der Waals surface area (Å²) in [6, 6.07) is 7.68. The number of halogens is 1. The summed E-state index contributed by atoms with van der Waals surface area (Å²) < 4.78 is 18.3. The molecule has 94 valence electrons. The summed E-state index contributed by atoms with van der Waals surface area (Å²) in [5.41, 5.74) is 0.844. The van der Waals surface area contributed by atoms with Crippen LogP contribution in [0.2, 0.25) is 0 Å². The van der Waals surface area contributed by atoms with Crippen molar-refractivity contribution in [3.63, 3.8) is 0 Å². The molecule has 0 unspecified atom stereocenters. The molecule has 1 aromatic carbocycles. The van der Waals surface area contributed by atoms with E-state index in [0.29, 0.717) is 18.7 Å². The number of aryl methyl sites for hydroxylation is 1. The molecule has 2 rings (SSSR count). The maximum Gasteiger partial charge on any atom is 0.254 e. The van der Waals surface area contributed by atoms with Crippen LogP contribution in [0.1, 0.15) is 21.8 Å². The monoisotopic (exact) mass is 248 g/mol. The van der Waals surface area contributed by atoms with Gasteiger partial charge in [-0.15, -0.1) is 0 Å². The third-order valence-electron chi connectivity index (χ3n) is 2.45. The molecule has 0 saturated heterocycles. The fourth-order valence-electron chi connectivity index (χ4n) is 1.57. The minimum absolute atomic E-state index is 0.0475. The van der Waals surface area contributed by atoms with E-state index in [1.54, 1.807) is 18.2 Å². The van der Waals surface area contributed by atoms with E-state index in [4.69, 9.17) is 4.52 Å². The van der Waals surface area contributed by atoms with Crippen LogP contribution in [0.3, 0.4) is 0 Å². The fraction of sp³-hybridized carbons (Fsp3) is 0.231. The van der Waals surface area contributed by atoms with Crippen molar-refractivity contribution in [2.24, 2.45) is 0 Å². The van der Waals surface area contributed by atoms with Gasteiger partial charge in [-0.3, -0.25) is 4.79 Å². The van der Waals surface area contributed by atoms with Crippen molar-refractivity contribution in [1.82, 2.24) is 10.5 Å². The number of benzene rings is 1. The Balaban J connectivity index is 1.87. The molecule has 0 bridgehead atoms. The fourth-order valence-corrected chi connectivity index (χ4v) is 1.57. The Kier molecular flexibility index (Phi) is 3.72. The summed E-state index contributed by atoms with van der Waals surface area (Å²) in [4.78, 5) is 11.7. The zero-order valence-electron chi connectivity index (χ0n) is 9.94. The molecule has 4 nitrogen and oxygen atoms in total. The lowest BCUT2D eigenvalue weighted by Gasteiger charge is -2.04. The van der Waals surface area contributed by atoms with Crippen molar-refractivity contribution in [1.29, 1.82) is 0 Å². The van der Waals surface area contributed by atoms with Gasteiger partial charge < -0.3 is 9.84 Å². The van der Waals surface area contributed by atoms with E-state index < -0.39 is 11.7 Å². The van der Waals surface area contributed by atoms with Gasteiger partial charge >= 0.3 is 0 Å². The van der Waals surface area contributed by atoms with Gasteiger partial charge in [0.15, 0.2) is 0 Å². The van der Waals surface area contributed by atoms with Crippen LogP contribution in [0.5, 0.6) is 0 Å². The predicted octanol–water partition coefficient (Wildman–Crippen LogP) is 2.09. The summed E-state index contributed by atoms with van der Waals surface area (Å²) in [6.07, 6.45) is 0.529. The van der Waals surface area contributed by atoms with Crippen LogP contribution in [0.15, 0.2) is 34.9 Å². The van der Waals surface area contributed by atoms with Crippen molar-refractivity contribution in [3.8, 4) is 0 Å². The molecule has 0 spiro atoms. The second kappa shape index (κ2) is 5.44. The molecule has 2 aromatic rings. The highest BCUT2D eigenvalue weighted by Gasteiger charge is 2.10. The maximum atomic E-state index is 13.3. The van der Waals surface area contributed by atoms with Gasteiger partial charge in [-0.1, -0.05) is 17.3 Å². The number of carbonyl (C=O) groups is 1. The number of hydrogen-bond acceptors (Lipinski definition) is 3. The molecule has 0 fully saturated rings. The lowest BCUT2D eigenvalue weighted by Crippen LogP contribution is -2.26. The van der Waals surface area contributed by atoms with Crippen molar-refractivity contribution >= 4 is 5.91 Å². The molecule has 0 radical (unpaired) electrons. The second-order valence-corrected chi connectivity index (χ2v) is 3.92. The molecule has 18 heavy (non-hydrogen) atoms. The van der Waals surface area contributed by atoms with Gasteiger partial charge in [0, 0.05) is 19.0 Å². The number of carbonyl (C=O) groups excluding carboxylic acids is 1. The van der Waals surface area contributed by atoms with Gasteiger partial charge in [0.1, 0.15) is 11.6 Å². The van der Waals surface area contributed by atoms with Crippen LogP contribution in [0, 0.1) is 12.7 Å². The number of hydrogen-bond donors (Lipinski definition) is 1. The molecule has 1 heterocycles. The van der Waals surface area contributed by atoms with E-state index in [9.17, 15) is 9.18 Å². The van der Waals surface area contributed by atoms with Crippen molar-refractivity contribution in [2.75, 3.05) is 6.54 Å². The molecule has 0 saturated carbocycles. The van der Waals surface area contributed by atoms with Crippen molar-refractivity contribution < 1.29 is 13.7 Å². The molecule has 0 atom stereocenters. The first kappa shape index (κ1) is 12.3. The van der Waals surface area contributed by atoms with Crippen LogP contribution < -0.4 is 5.32 Å². The van der Waals surface area contributed by atoms with E-state index in [1.165, 1.54) is 12.1 Å². The average molecular weight is 248 g/mol. The SMILES string of the molecule is Cc1cc(CCNC(=O)c2ccccc2F)on1. The van der Waals surface area contributed by atoms with E-state index in [1.807, 2.05) is 6.92 Å². The summed E-state index contributed by atoms with van der Waals surface area (Å²) in [5, 5.41) is 6.37. The second-order valence-electron chi connectivity index (χ2n) is 3.92. The number of nitrogens with one attached hydrogen (secondary N) is 1. The van der Waals surface area contributed by atoms with E-state index in [2.05, 4.69) is 10.5 Å². The number of rotatable bonds is 4. The molecular formula is C13H13FN2O2. The highest BCUT2D eigenvalue weighted by Crippen LogP contribution is 2.06. The van der Waals surface area contributed by atoms with Crippen LogP contribution in [-0.4, -0.2) is 17.6 Å². The first-order valence-corrected chi connectivity index (χ1v) is 5.62. The van der Waals surface area contributed by atoms with Crippen LogP contribution >= 0.6 is 0 Å². The van der Waals surface area contributed by atoms with Crippen LogP contribution in [-0.2, 0) is 6.42 Å². The average Bonchev–Trinajstić information content (AvgIpc) is 2.75. The normalized spacial score (nSPS) is 10.3. The first-order valence-electron chi connectivity index (χ1n) is 5.62. The zero-order chi connectivity index (χ0) is 13.0. The van der Waals surface area contributed by atoms with E-state index in [0.717, 1.165) is 5.69 Å². The number of amides is 1. The van der Waals surface area contributed by atoms with Gasteiger partial charge in [0.25, 0.3) is 5.91 Å². The van der Waals surface area contributed by atoms with Crippen LogP contribution in [0.25, 0.3) is 0 Å². The topological polar surface area (TPSA) is 55.1 Å². The summed E-state index contributed by atoms with van der Waals surface area (Å²) in [6.45, 7) is 2.20. The Morgan fingerprint density at radius 1 is 1.44 bits per heavy atom.